The van der Waals surface area contributed by atoms with Gasteiger partial charge in [-0.05, 0) is 18.4 Å². The maximum Gasteiger partial charge on any atom is 0.321 e. The summed E-state index contributed by atoms with van der Waals surface area (Å²) in [6.07, 6.45) is 0.680. The predicted molar refractivity (Wildman–Crippen MR) is 78.9 cm³/mol. The summed E-state index contributed by atoms with van der Waals surface area (Å²) in [6, 6.07) is 6.62. The van der Waals surface area contributed by atoms with Crippen LogP contribution in [0.4, 0.5) is 0 Å². The van der Waals surface area contributed by atoms with Gasteiger partial charge in [-0.15, -0.1) is 0 Å². The fourth-order valence-electron chi connectivity index (χ4n) is 2.06. The van der Waals surface area contributed by atoms with Gasteiger partial charge in [0.15, 0.2) is 5.78 Å². The molecule has 0 aliphatic heterocycles. The number of ketones is 1. The van der Waals surface area contributed by atoms with Gasteiger partial charge in [0, 0.05) is 0 Å². The van der Waals surface area contributed by atoms with Crippen molar-refractivity contribution >= 4 is 11.8 Å². The minimum absolute atomic E-state index is 0.272. The number of carboxylic acid groups (broad SMARTS) is 1. The van der Waals surface area contributed by atoms with Crippen molar-refractivity contribution in [1.82, 2.24) is 5.32 Å². The van der Waals surface area contributed by atoms with E-state index in [2.05, 4.69) is 5.32 Å². The molecule has 3 unspecified atom stereocenters. The van der Waals surface area contributed by atoms with Crippen LogP contribution in [0.2, 0.25) is 0 Å². The summed E-state index contributed by atoms with van der Waals surface area (Å²) >= 11 is 0. The summed E-state index contributed by atoms with van der Waals surface area (Å²) in [4.78, 5) is 23.3. The second-order valence-corrected chi connectivity index (χ2v) is 4.90. The molecule has 0 saturated carbocycles. The van der Waals surface area contributed by atoms with Crippen LogP contribution in [0.25, 0.3) is 0 Å². The van der Waals surface area contributed by atoms with E-state index in [1.807, 2.05) is 30.3 Å². The van der Waals surface area contributed by atoms with Crippen LogP contribution in [0.3, 0.4) is 0 Å². The van der Waals surface area contributed by atoms with Crippen molar-refractivity contribution < 1.29 is 19.8 Å². The number of nitrogens with two attached hydrogens (primary N) is 1. The molecule has 0 aliphatic rings. The Morgan fingerprint density at radius 2 is 1.86 bits per heavy atom. The number of carbonyl (C=O) groups excluding carboxylic acids is 1. The molecule has 0 bridgehead atoms. The lowest BCUT2D eigenvalue weighted by Gasteiger charge is -2.23. The van der Waals surface area contributed by atoms with Crippen LogP contribution < -0.4 is 11.1 Å². The monoisotopic (exact) mass is 294 g/mol. The van der Waals surface area contributed by atoms with Crippen LogP contribution in [0.5, 0.6) is 0 Å². The molecule has 0 saturated heterocycles. The number of hydrogen-bond donors (Lipinski definition) is 4. The third-order valence-corrected chi connectivity index (χ3v) is 3.30. The average Bonchev–Trinajstić information content (AvgIpc) is 2.50. The van der Waals surface area contributed by atoms with E-state index in [0.29, 0.717) is 6.42 Å². The fraction of sp³-hybridized carbons (Fsp3) is 0.467. The number of aliphatic carboxylic acids is 1. The fourth-order valence-corrected chi connectivity index (χ4v) is 2.06. The molecule has 0 aromatic heterocycles. The lowest BCUT2D eigenvalue weighted by molar-refractivity contribution is -0.140. The summed E-state index contributed by atoms with van der Waals surface area (Å²) in [6.45, 7) is 1.31. The van der Waals surface area contributed by atoms with E-state index in [0.717, 1.165) is 5.56 Å². The molecule has 0 spiro atoms. The summed E-state index contributed by atoms with van der Waals surface area (Å²) in [5, 5.41) is 21.1. The highest BCUT2D eigenvalue weighted by atomic mass is 16.4. The minimum atomic E-state index is -1.03. The molecule has 1 rings (SSSR count). The minimum Gasteiger partial charge on any atom is -0.480 e. The second kappa shape index (κ2) is 8.51. The molecule has 0 aliphatic carbocycles. The maximum absolute atomic E-state index is 12.0. The molecular formula is C15H22N2O4. The molecule has 21 heavy (non-hydrogen) atoms. The number of aliphatic hydroxyl groups is 1. The first kappa shape index (κ1) is 17.3. The van der Waals surface area contributed by atoms with Gasteiger partial charge in [-0.3, -0.25) is 14.9 Å². The Morgan fingerprint density at radius 1 is 1.24 bits per heavy atom. The Kier molecular flexibility index (Phi) is 7.01. The van der Waals surface area contributed by atoms with Crippen LogP contribution in [-0.2, 0) is 16.0 Å². The van der Waals surface area contributed by atoms with Crippen molar-refractivity contribution in [3.05, 3.63) is 35.9 Å². The molecule has 1 aromatic rings. The molecule has 0 fully saturated rings. The summed E-state index contributed by atoms with van der Waals surface area (Å²) in [7, 11) is 0. The Balaban J connectivity index is 2.77. The molecule has 6 nitrogen and oxygen atoms in total. The molecule has 0 amide bonds. The highest BCUT2D eigenvalue weighted by Gasteiger charge is 2.27. The van der Waals surface area contributed by atoms with Gasteiger partial charge in [0.2, 0.25) is 0 Å². The van der Waals surface area contributed by atoms with Gasteiger partial charge in [0.1, 0.15) is 6.04 Å². The van der Waals surface area contributed by atoms with Crippen LogP contribution >= 0.6 is 0 Å². The van der Waals surface area contributed by atoms with Crippen molar-refractivity contribution in [2.75, 3.05) is 6.61 Å². The number of rotatable bonds is 9. The van der Waals surface area contributed by atoms with Crippen LogP contribution in [0.15, 0.2) is 30.3 Å². The van der Waals surface area contributed by atoms with Crippen molar-refractivity contribution in [1.29, 1.82) is 0 Å². The van der Waals surface area contributed by atoms with E-state index in [4.69, 9.17) is 10.8 Å². The third kappa shape index (κ3) is 5.26. The Hall–Kier alpha value is -1.76. The number of Topliss-reactive ketones (excluding diaryl/α,β-unsaturated/α-hetero) is 1. The Bertz CT molecular complexity index is 464. The van der Waals surface area contributed by atoms with Gasteiger partial charge < -0.3 is 15.9 Å². The van der Waals surface area contributed by atoms with E-state index in [1.165, 1.54) is 0 Å². The largest absolute Gasteiger partial charge is 0.480 e. The summed E-state index contributed by atoms with van der Waals surface area (Å²) < 4.78 is 0. The molecule has 116 valence electrons. The first-order valence-electron chi connectivity index (χ1n) is 6.92. The molecule has 0 radical (unpaired) electrons. The number of nitrogens with one attached hydrogen (secondary N) is 1. The van der Waals surface area contributed by atoms with Crippen molar-refractivity contribution in [3.8, 4) is 0 Å². The molecule has 0 heterocycles. The Labute approximate surface area is 124 Å². The SMILES string of the molecule is CCC(NC(Cc1ccccc1)C(=O)O)C(=O)C(N)CO. The number of benzene rings is 1. The molecule has 6 heteroatoms. The van der Waals surface area contributed by atoms with E-state index in [1.54, 1.807) is 6.92 Å². The molecular weight excluding hydrogens is 272 g/mol. The van der Waals surface area contributed by atoms with Crippen molar-refractivity contribution in [2.24, 2.45) is 5.73 Å². The number of carboxylic acids is 1. The van der Waals surface area contributed by atoms with Gasteiger partial charge in [-0.2, -0.15) is 0 Å². The number of hydrogen-bond acceptors (Lipinski definition) is 5. The van der Waals surface area contributed by atoms with Crippen LogP contribution in [0, 0.1) is 0 Å². The maximum atomic E-state index is 12.0. The second-order valence-electron chi connectivity index (χ2n) is 4.90. The third-order valence-electron chi connectivity index (χ3n) is 3.30. The normalized spacial score (nSPS) is 15.2. The van der Waals surface area contributed by atoms with E-state index < -0.39 is 30.7 Å². The zero-order valence-corrected chi connectivity index (χ0v) is 12.0. The van der Waals surface area contributed by atoms with Crippen LogP contribution in [-0.4, -0.2) is 46.7 Å². The van der Waals surface area contributed by atoms with Crippen LogP contribution in [0.1, 0.15) is 18.9 Å². The number of carbonyl (C=O) groups is 2. The smallest absolute Gasteiger partial charge is 0.321 e. The van der Waals surface area contributed by atoms with Gasteiger partial charge in [-0.25, -0.2) is 0 Å². The first-order chi connectivity index (χ1) is 9.99. The standard InChI is InChI=1S/C15H22N2O4/c1-2-12(14(19)11(16)9-18)17-13(15(20)21)8-10-6-4-3-5-7-10/h3-7,11-13,17-18H,2,8-9,16H2,1H3,(H,20,21). The zero-order chi connectivity index (χ0) is 15.8. The average molecular weight is 294 g/mol. The lowest BCUT2D eigenvalue weighted by atomic mass is 10.0. The van der Waals surface area contributed by atoms with Gasteiger partial charge in [-0.1, -0.05) is 37.3 Å². The first-order valence-corrected chi connectivity index (χ1v) is 6.92. The van der Waals surface area contributed by atoms with E-state index in [-0.39, 0.29) is 12.2 Å². The topological polar surface area (TPSA) is 113 Å². The van der Waals surface area contributed by atoms with E-state index >= 15 is 0 Å². The van der Waals surface area contributed by atoms with Crippen molar-refractivity contribution in [3.63, 3.8) is 0 Å². The highest BCUT2D eigenvalue weighted by Crippen LogP contribution is 2.06. The summed E-state index contributed by atoms with van der Waals surface area (Å²) in [5.74, 6) is -1.40. The summed E-state index contributed by atoms with van der Waals surface area (Å²) in [5.41, 5.74) is 6.38. The quantitative estimate of drug-likeness (QED) is 0.507. The van der Waals surface area contributed by atoms with Gasteiger partial charge in [0.25, 0.3) is 0 Å². The van der Waals surface area contributed by atoms with Gasteiger partial charge >= 0.3 is 5.97 Å². The zero-order valence-electron chi connectivity index (χ0n) is 12.0. The van der Waals surface area contributed by atoms with E-state index in [9.17, 15) is 14.7 Å². The lowest BCUT2D eigenvalue weighted by Crippen LogP contribution is -2.53. The Morgan fingerprint density at radius 3 is 2.33 bits per heavy atom. The van der Waals surface area contributed by atoms with Gasteiger partial charge in [0.05, 0.1) is 18.7 Å². The molecule has 5 N–H and O–H groups in total. The predicted octanol–water partition coefficient (Wildman–Crippen LogP) is -0.0608. The molecule has 1 aromatic carbocycles. The number of aliphatic hydroxyl groups excluding tert-OH is 1. The molecule has 3 atom stereocenters. The van der Waals surface area contributed by atoms with Crippen molar-refractivity contribution in [2.45, 2.75) is 37.9 Å². The highest BCUT2D eigenvalue weighted by molar-refractivity contribution is 5.89.